The van der Waals surface area contributed by atoms with Gasteiger partial charge >= 0.3 is 5.97 Å². The fraction of sp³-hybridized carbons (Fsp3) is 0.0952. The molecule has 128 valence electrons. The van der Waals surface area contributed by atoms with E-state index < -0.39 is 13.2 Å². The van der Waals surface area contributed by atoms with Crippen LogP contribution in [-0.4, -0.2) is 17.2 Å². The SMILES string of the molecule is O=C(O)C[P+](Cc1ccccc1)(c1ccccc1)c1ccccc1.[Cl-]. The van der Waals surface area contributed by atoms with Crippen LogP contribution in [0.1, 0.15) is 5.56 Å². The number of hydrogen-bond acceptors (Lipinski definition) is 1. The molecule has 0 bridgehead atoms. The molecule has 0 aromatic heterocycles. The van der Waals surface area contributed by atoms with Gasteiger partial charge in [0.15, 0.2) is 6.16 Å². The molecule has 0 radical (unpaired) electrons. The average molecular weight is 371 g/mol. The third-order valence-corrected chi connectivity index (χ3v) is 8.49. The highest BCUT2D eigenvalue weighted by Gasteiger charge is 2.45. The van der Waals surface area contributed by atoms with Crippen molar-refractivity contribution in [2.24, 2.45) is 0 Å². The normalized spacial score (nSPS) is 10.7. The van der Waals surface area contributed by atoms with Crippen molar-refractivity contribution in [2.45, 2.75) is 6.16 Å². The number of hydrogen-bond donors (Lipinski definition) is 1. The molecule has 3 rings (SSSR count). The van der Waals surface area contributed by atoms with Crippen molar-refractivity contribution in [2.75, 3.05) is 6.16 Å². The molecule has 0 aliphatic heterocycles. The molecular weight excluding hydrogens is 351 g/mol. The fourth-order valence-electron chi connectivity index (χ4n) is 3.12. The van der Waals surface area contributed by atoms with Gasteiger partial charge in [0.1, 0.15) is 10.6 Å². The predicted molar refractivity (Wildman–Crippen MR) is 102 cm³/mol. The Morgan fingerprint density at radius 1 is 0.720 bits per heavy atom. The molecule has 0 aliphatic rings. The Morgan fingerprint density at radius 2 is 1.12 bits per heavy atom. The summed E-state index contributed by atoms with van der Waals surface area (Å²) in [5.74, 6) is -0.744. The summed E-state index contributed by atoms with van der Waals surface area (Å²) in [5.41, 5.74) is 1.18. The molecule has 1 N–H and O–H groups in total. The van der Waals surface area contributed by atoms with Crippen LogP contribution in [0.2, 0.25) is 0 Å². The Balaban J connectivity index is 0.00000225. The third-order valence-electron chi connectivity index (χ3n) is 4.20. The standard InChI is InChI=1S/C21H19O2P.ClH/c22-21(23)17-24(19-12-6-2-7-13-19,20-14-8-3-9-15-20)16-18-10-4-1-5-11-18;/h1-15H,16-17H2;1H. The van der Waals surface area contributed by atoms with Gasteiger partial charge in [0, 0.05) is 0 Å². The van der Waals surface area contributed by atoms with E-state index in [1.54, 1.807) is 0 Å². The van der Waals surface area contributed by atoms with Gasteiger partial charge in [-0.15, -0.1) is 0 Å². The Kier molecular flexibility index (Phi) is 6.75. The first-order valence-electron chi connectivity index (χ1n) is 7.95. The lowest BCUT2D eigenvalue weighted by Gasteiger charge is -2.26. The highest BCUT2D eigenvalue weighted by molar-refractivity contribution is 7.89. The minimum Gasteiger partial charge on any atom is -1.00 e. The van der Waals surface area contributed by atoms with Crippen LogP contribution in [0.4, 0.5) is 0 Å². The molecule has 0 saturated carbocycles. The van der Waals surface area contributed by atoms with Crippen LogP contribution in [-0.2, 0) is 11.0 Å². The first kappa shape index (κ1) is 19.2. The number of carboxylic acid groups (broad SMARTS) is 1. The van der Waals surface area contributed by atoms with Crippen LogP contribution in [0.15, 0.2) is 91.0 Å². The Bertz CT molecular complexity index is 752. The molecule has 0 heterocycles. The van der Waals surface area contributed by atoms with Gasteiger partial charge in [-0.1, -0.05) is 66.7 Å². The molecule has 0 unspecified atom stereocenters. The van der Waals surface area contributed by atoms with Crippen LogP contribution in [0.25, 0.3) is 0 Å². The molecule has 0 fully saturated rings. The second-order valence-corrected chi connectivity index (χ2v) is 9.44. The summed E-state index contributed by atoms with van der Waals surface area (Å²) < 4.78 is 0. The van der Waals surface area contributed by atoms with Crippen molar-refractivity contribution in [1.29, 1.82) is 0 Å². The van der Waals surface area contributed by atoms with Gasteiger partial charge in [-0.05, 0) is 29.8 Å². The van der Waals surface area contributed by atoms with Crippen molar-refractivity contribution in [3.05, 3.63) is 96.6 Å². The van der Waals surface area contributed by atoms with E-state index in [0.717, 1.165) is 16.8 Å². The highest BCUT2D eigenvalue weighted by Crippen LogP contribution is 2.58. The molecule has 4 heteroatoms. The van der Waals surface area contributed by atoms with Crippen molar-refractivity contribution in [3.63, 3.8) is 0 Å². The van der Waals surface area contributed by atoms with Gasteiger partial charge in [0.05, 0.1) is 13.4 Å². The quantitative estimate of drug-likeness (QED) is 0.656. The number of carboxylic acids is 1. The molecule has 3 aromatic carbocycles. The Morgan fingerprint density at radius 3 is 1.52 bits per heavy atom. The summed E-state index contributed by atoms with van der Waals surface area (Å²) in [5, 5.41) is 12.0. The van der Waals surface area contributed by atoms with Gasteiger partial charge in [0.25, 0.3) is 0 Å². The van der Waals surface area contributed by atoms with Crippen LogP contribution in [0.3, 0.4) is 0 Å². The summed E-state index contributed by atoms with van der Waals surface area (Å²) in [6, 6.07) is 30.5. The molecule has 0 atom stereocenters. The van der Waals surface area contributed by atoms with Gasteiger partial charge in [0.2, 0.25) is 0 Å². The summed E-state index contributed by atoms with van der Waals surface area (Å²) in [6.07, 6.45) is 0.921. The van der Waals surface area contributed by atoms with E-state index in [1.807, 2.05) is 54.6 Å². The fourth-order valence-corrected chi connectivity index (χ4v) is 7.04. The van der Waals surface area contributed by atoms with Crippen molar-refractivity contribution < 1.29 is 22.3 Å². The number of aliphatic carboxylic acids is 1. The van der Waals surface area contributed by atoms with Crippen LogP contribution < -0.4 is 23.0 Å². The van der Waals surface area contributed by atoms with Gasteiger partial charge in [-0.3, -0.25) is 0 Å². The Hall–Kier alpha value is -2.15. The predicted octanol–water partition coefficient (Wildman–Crippen LogP) is 0.944. The van der Waals surface area contributed by atoms with E-state index in [9.17, 15) is 9.90 Å². The second-order valence-electron chi connectivity index (χ2n) is 5.83. The van der Waals surface area contributed by atoms with E-state index in [4.69, 9.17) is 0 Å². The summed E-state index contributed by atoms with van der Waals surface area (Å²) in [7, 11) is -2.08. The third kappa shape index (κ3) is 4.48. The summed E-state index contributed by atoms with van der Waals surface area (Å²) >= 11 is 0. The van der Waals surface area contributed by atoms with Crippen molar-refractivity contribution in [1.82, 2.24) is 0 Å². The molecule has 0 spiro atoms. The maximum Gasteiger partial charge on any atom is 0.342 e. The first-order valence-corrected chi connectivity index (χ1v) is 10.1. The van der Waals surface area contributed by atoms with E-state index in [2.05, 4.69) is 36.4 Å². The van der Waals surface area contributed by atoms with Crippen molar-refractivity contribution in [3.8, 4) is 0 Å². The lowest BCUT2D eigenvalue weighted by molar-refractivity contribution is -0.134. The number of halogens is 1. The lowest BCUT2D eigenvalue weighted by atomic mass is 10.2. The second kappa shape index (κ2) is 8.80. The molecule has 2 nitrogen and oxygen atoms in total. The molecule has 0 aliphatic carbocycles. The van der Waals surface area contributed by atoms with Crippen LogP contribution in [0, 0.1) is 0 Å². The topological polar surface area (TPSA) is 37.3 Å². The lowest BCUT2D eigenvalue weighted by Crippen LogP contribution is -3.00. The van der Waals surface area contributed by atoms with Crippen molar-refractivity contribution >= 4 is 23.8 Å². The van der Waals surface area contributed by atoms with Gasteiger partial charge in [-0.2, -0.15) is 0 Å². The smallest absolute Gasteiger partial charge is 0.342 e. The number of carbonyl (C=O) groups is 1. The van der Waals surface area contributed by atoms with Crippen LogP contribution >= 0.6 is 7.26 Å². The maximum atomic E-state index is 11.8. The largest absolute Gasteiger partial charge is 1.00 e. The maximum absolute atomic E-state index is 11.8. The summed E-state index contributed by atoms with van der Waals surface area (Å²) in [4.78, 5) is 11.8. The minimum absolute atomic E-state index is 0. The monoisotopic (exact) mass is 370 g/mol. The van der Waals surface area contributed by atoms with Gasteiger partial charge < -0.3 is 17.5 Å². The summed E-state index contributed by atoms with van der Waals surface area (Å²) in [6.45, 7) is 0. The Labute approximate surface area is 155 Å². The first-order chi connectivity index (χ1) is 11.7. The minimum atomic E-state index is -2.08. The van der Waals surface area contributed by atoms with E-state index >= 15 is 0 Å². The molecular formula is C21H20ClO2P. The molecule has 3 aromatic rings. The number of benzene rings is 3. The van der Waals surface area contributed by atoms with E-state index in [-0.39, 0.29) is 18.6 Å². The zero-order valence-electron chi connectivity index (χ0n) is 13.8. The average Bonchev–Trinajstić information content (AvgIpc) is 2.63. The van der Waals surface area contributed by atoms with Crippen LogP contribution in [0.5, 0.6) is 0 Å². The van der Waals surface area contributed by atoms with Gasteiger partial charge in [-0.25, -0.2) is 4.79 Å². The zero-order valence-corrected chi connectivity index (χ0v) is 15.4. The number of rotatable bonds is 6. The zero-order chi connectivity index (χ0) is 16.8. The molecule has 0 saturated heterocycles. The molecule has 0 amide bonds. The van der Waals surface area contributed by atoms with E-state index in [1.165, 1.54) is 5.56 Å². The molecule has 25 heavy (non-hydrogen) atoms. The highest BCUT2D eigenvalue weighted by atomic mass is 35.5. The van der Waals surface area contributed by atoms with E-state index in [0.29, 0.717) is 0 Å².